The van der Waals surface area contributed by atoms with Crippen LogP contribution in [0.3, 0.4) is 0 Å². The molecule has 0 spiro atoms. The van der Waals surface area contributed by atoms with Gasteiger partial charge in [0.25, 0.3) is 11.7 Å². The van der Waals surface area contributed by atoms with Crippen molar-refractivity contribution in [2.45, 2.75) is 6.04 Å². The highest BCUT2D eigenvalue weighted by Crippen LogP contribution is 2.44. The fourth-order valence-electron chi connectivity index (χ4n) is 3.94. The summed E-state index contributed by atoms with van der Waals surface area (Å²) in [7, 11) is 4.55. The van der Waals surface area contributed by atoms with Gasteiger partial charge in [-0.25, -0.2) is 0 Å². The van der Waals surface area contributed by atoms with Crippen LogP contribution in [0.1, 0.15) is 17.2 Å². The van der Waals surface area contributed by atoms with Crippen LogP contribution in [0.25, 0.3) is 5.76 Å². The van der Waals surface area contributed by atoms with Gasteiger partial charge in [-0.1, -0.05) is 17.7 Å². The Morgan fingerprint density at radius 2 is 1.50 bits per heavy atom. The number of anilines is 1. The Bertz CT molecular complexity index is 1270. The number of aliphatic hydroxyl groups excluding tert-OH is 1. The highest BCUT2D eigenvalue weighted by Gasteiger charge is 2.47. The maximum absolute atomic E-state index is 13.2. The Kier molecular flexibility index (Phi) is 6.47. The number of methoxy groups -OCH3 is 3. The van der Waals surface area contributed by atoms with Gasteiger partial charge < -0.3 is 19.3 Å². The molecule has 0 unspecified atom stereocenters. The fourth-order valence-corrected chi connectivity index (χ4v) is 4.07. The summed E-state index contributed by atoms with van der Waals surface area (Å²) < 4.78 is 16.0. The Labute approximate surface area is 201 Å². The van der Waals surface area contributed by atoms with Crippen molar-refractivity contribution in [1.29, 1.82) is 0 Å². The number of Topliss-reactive ketones (excluding diaryl/α,β-unsaturated/α-hetero) is 1. The number of benzene rings is 3. The van der Waals surface area contributed by atoms with Crippen molar-refractivity contribution in [3.63, 3.8) is 0 Å². The Balaban J connectivity index is 1.94. The highest BCUT2D eigenvalue weighted by molar-refractivity contribution is 6.51. The van der Waals surface area contributed by atoms with Gasteiger partial charge >= 0.3 is 0 Å². The molecule has 1 N–H and O–H groups in total. The summed E-state index contributed by atoms with van der Waals surface area (Å²) in [5.41, 5.74) is 1.35. The van der Waals surface area contributed by atoms with E-state index in [9.17, 15) is 14.7 Å². The minimum atomic E-state index is -0.913. The summed E-state index contributed by atoms with van der Waals surface area (Å²) in [5, 5.41) is 11.6. The molecule has 1 atom stereocenters. The van der Waals surface area contributed by atoms with E-state index >= 15 is 0 Å². The van der Waals surface area contributed by atoms with Crippen LogP contribution in [0.2, 0.25) is 5.02 Å². The molecule has 8 heteroatoms. The van der Waals surface area contributed by atoms with Crippen LogP contribution < -0.4 is 19.1 Å². The topological polar surface area (TPSA) is 85.3 Å². The second-order valence-corrected chi connectivity index (χ2v) is 7.92. The Hall–Kier alpha value is -3.97. The molecule has 1 amide bonds. The van der Waals surface area contributed by atoms with E-state index in [0.717, 1.165) is 0 Å². The SMILES string of the molecule is COc1ccc(N2C(=O)C(=O)/C(=C(/O)c3ccc(Cl)cc3)[C@H]2c2ccc(OC)c(OC)c2)cc1. The second-order valence-electron chi connectivity index (χ2n) is 7.49. The smallest absolute Gasteiger partial charge is 0.300 e. The number of amides is 1. The normalized spacial score (nSPS) is 17.1. The number of aliphatic hydroxyl groups is 1. The predicted molar refractivity (Wildman–Crippen MR) is 129 cm³/mol. The first-order chi connectivity index (χ1) is 16.4. The lowest BCUT2D eigenvalue weighted by atomic mass is 9.94. The van der Waals surface area contributed by atoms with Crippen molar-refractivity contribution in [2.24, 2.45) is 0 Å². The van der Waals surface area contributed by atoms with Crippen LogP contribution in [0.5, 0.6) is 17.2 Å². The number of hydrogen-bond donors (Lipinski definition) is 1. The molecule has 0 radical (unpaired) electrons. The van der Waals surface area contributed by atoms with Gasteiger partial charge in [0.2, 0.25) is 0 Å². The van der Waals surface area contributed by atoms with Crippen LogP contribution in [-0.2, 0) is 9.59 Å². The number of nitrogens with zero attached hydrogens (tertiary/aromatic N) is 1. The second kappa shape index (κ2) is 9.49. The van der Waals surface area contributed by atoms with Gasteiger partial charge in [0, 0.05) is 16.3 Å². The summed E-state index contributed by atoms with van der Waals surface area (Å²) in [6, 6.07) is 17.3. The lowest BCUT2D eigenvalue weighted by molar-refractivity contribution is -0.132. The van der Waals surface area contributed by atoms with E-state index < -0.39 is 17.7 Å². The average molecular weight is 480 g/mol. The van der Waals surface area contributed by atoms with Crippen LogP contribution in [0.4, 0.5) is 5.69 Å². The summed E-state index contributed by atoms with van der Waals surface area (Å²) >= 11 is 5.98. The molecule has 4 rings (SSSR count). The lowest BCUT2D eigenvalue weighted by Gasteiger charge is -2.26. The molecule has 174 valence electrons. The molecule has 0 bridgehead atoms. The molecule has 7 nitrogen and oxygen atoms in total. The highest BCUT2D eigenvalue weighted by atomic mass is 35.5. The fraction of sp³-hybridized carbons (Fsp3) is 0.154. The summed E-state index contributed by atoms with van der Waals surface area (Å²) in [6.45, 7) is 0. The first-order valence-electron chi connectivity index (χ1n) is 10.3. The Morgan fingerprint density at radius 1 is 0.853 bits per heavy atom. The molecule has 1 fully saturated rings. The van der Waals surface area contributed by atoms with Gasteiger partial charge in [0.1, 0.15) is 11.5 Å². The lowest BCUT2D eigenvalue weighted by Crippen LogP contribution is -2.29. The van der Waals surface area contributed by atoms with Gasteiger partial charge in [-0.2, -0.15) is 0 Å². The molecule has 3 aromatic carbocycles. The Morgan fingerprint density at radius 3 is 2.09 bits per heavy atom. The van der Waals surface area contributed by atoms with E-state index in [0.29, 0.717) is 39.1 Å². The van der Waals surface area contributed by atoms with Gasteiger partial charge in [-0.05, 0) is 66.2 Å². The van der Waals surface area contributed by atoms with Crippen LogP contribution in [0, 0.1) is 0 Å². The van der Waals surface area contributed by atoms with Crippen LogP contribution in [-0.4, -0.2) is 38.1 Å². The quantitative estimate of drug-likeness (QED) is 0.304. The van der Waals surface area contributed by atoms with E-state index in [1.165, 1.54) is 26.2 Å². The monoisotopic (exact) mass is 479 g/mol. The number of halogens is 1. The van der Waals surface area contributed by atoms with Crippen molar-refractivity contribution < 1.29 is 28.9 Å². The molecule has 1 heterocycles. The van der Waals surface area contributed by atoms with Gasteiger partial charge in [-0.3, -0.25) is 14.5 Å². The zero-order chi connectivity index (χ0) is 24.4. The van der Waals surface area contributed by atoms with Crippen LogP contribution in [0.15, 0.2) is 72.3 Å². The number of carbonyl (C=O) groups is 2. The first kappa shape index (κ1) is 23.2. The molecule has 1 saturated heterocycles. The van der Waals surface area contributed by atoms with E-state index in [-0.39, 0.29) is 11.3 Å². The van der Waals surface area contributed by atoms with E-state index in [4.69, 9.17) is 25.8 Å². The third kappa shape index (κ3) is 4.06. The van der Waals surface area contributed by atoms with Crippen molar-refractivity contribution in [1.82, 2.24) is 0 Å². The summed E-state index contributed by atoms with van der Waals surface area (Å²) in [4.78, 5) is 27.8. The molecule has 1 aliphatic rings. The number of hydrogen-bond acceptors (Lipinski definition) is 6. The number of rotatable bonds is 6. The van der Waals surface area contributed by atoms with Crippen molar-refractivity contribution in [3.8, 4) is 17.2 Å². The van der Waals surface area contributed by atoms with E-state index in [2.05, 4.69) is 0 Å². The zero-order valence-corrected chi connectivity index (χ0v) is 19.5. The number of ether oxygens (including phenoxy) is 3. The van der Waals surface area contributed by atoms with Crippen molar-refractivity contribution in [2.75, 3.05) is 26.2 Å². The maximum atomic E-state index is 13.2. The summed E-state index contributed by atoms with van der Waals surface area (Å²) in [6.07, 6.45) is 0. The summed E-state index contributed by atoms with van der Waals surface area (Å²) in [5.74, 6) is -0.351. The van der Waals surface area contributed by atoms with Gasteiger partial charge in [0.05, 0.1) is 32.9 Å². The minimum absolute atomic E-state index is 0.0460. The minimum Gasteiger partial charge on any atom is -0.507 e. The van der Waals surface area contributed by atoms with Crippen LogP contribution >= 0.6 is 11.6 Å². The van der Waals surface area contributed by atoms with E-state index in [1.807, 2.05) is 0 Å². The number of ketones is 1. The molecule has 0 aliphatic carbocycles. The molecule has 34 heavy (non-hydrogen) atoms. The first-order valence-corrected chi connectivity index (χ1v) is 10.7. The molecule has 1 aliphatic heterocycles. The average Bonchev–Trinajstić information content (AvgIpc) is 3.13. The maximum Gasteiger partial charge on any atom is 0.300 e. The van der Waals surface area contributed by atoms with Crippen molar-refractivity contribution in [3.05, 3.63) is 88.5 Å². The molecule has 0 saturated carbocycles. The largest absolute Gasteiger partial charge is 0.507 e. The predicted octanol–water partition coefficient (Wildman–Crippen LogP) is 4.99. The molecule has 3 aromatic rings. The molecule has 0 aromatic heterocycles. The van der Waals surface area contributed by atoms with E-state index in [1.54, 1.807) is 66.7 Å². The third-order valence-electron chi connectivity index (χ3n) is 5.64. The standard InChI is InChI=1S/C26H22ClNO6/c1-32-19-11-9-18(10-12-19)28-23(16-6-13-20(33-2)21(14-16)34-3)22(25(30)26(28)31)24(29)15-4-7-17(27)8-5-15/h4-14,23,29H,1-3H3/b24-22+/t23-/m1/s1. The molecular weight excluding hydrogens is 458 g/mol. The van der Waals surface area contributed by atoms with Gasteiger partial charge in [-0.15, -0.1) is 0 Å². The van der Waals surface area contributed by atoms with Crippen molar-refractivity contribution >= 4 is 34.7 Å². The zero-order valence-electron chi connectivity index (χ0n) is 18.7. The molecular formula is C26H22ClNO6. The van der Waals surface area contributed by atoms with Gasteiger partial charge in [0.15, 0.2) is 11.5 Å². The number of carbonyl (C=O) groups excluding carboxylic acids is 2. The third-order valence-corrected chi connectivity index (χ3v) is 5.89.